The molecule has 0 amide bonds. The number of aromatic nitrogens is 2. The summed E-state index contributed by atoms with van der Waals surface area (Å²) in [6.07, 6.45) is 1.66. The van der Waals surface area contributed by atoms with Gasteiger partial charge in [-0.15, -0.1) is 0 Å². The summed E-state index contributed by atoms with van der Waals surface area (Å²) < 4.78 is 5.81. The molecule has 0 aliphatic rings. The van der Waals surface area contributed by atoms with Gasteiger partial charge in [-0.3, -0.25) is 4.79 Å². The molecule has 2 aromatic rings. The third kappa shape index (κ3) is 2.88. The SMILES string of the molecule is COC(=O)C(C)(C)c1nccc(-c2ccc(Br)cc2)n1. The average Bonchev–Trinajstić information content (AvgIpc) is 2.47. The summed E-state index contributed by atoms with van der Waals surface area (Å²) in [5, 5.41) is 0. The van der Waals surface area contributed by atoms with Crippen LogP contribution in [0.25, 0.3) is 11.3 Å². The quantitative estimate of drug-likeness (QED) is 0.807. The van der Waals surface area contributed by atoms with Gasteiger partial charge in [-0.2, -0.15) is 0 Å². The van der Waals surface area contributed by atoms with Crippen molar-refractivity contribution >= 4 is 21.9 Å². The lowest BCUT2D eigenvalue weighted by atomic mass is 9.92. The van der Waals surface area contributed by atoms with Gasteiger partial charge in [0.2, 0.25) is 0 Å². The van der Waals surface area contributed by atoms with Crippen molar-refractivity contribution < 1.29 is 9.53 Å². The second-order valence-electron chi connectivity index (χ2n) is 4.89. The molecule has 0 saturated heterocycles. The van der Waals surface area contributed by atoms with Gasteiger partial charge < -0.3 is 4.74 Å². The Hall–Kier alpha value is -1.75. The molecule has 104 valence electrons. The maximum absolute atomic E-state index is 11.8. The number of ether oxygens (including phenoxy) is 1. The zero-order valence-electron chi connectivity index (χ0n) is 11.6. The number of carbonyl (C=O) groups is 1. The van der Waals surface area contributed by atoms with Crippen molar-refractivity contribution in [2.75, 3.05) is 7.11 Å². The zero-order chi connectivity index (χ0) is 14.8. The Kier molecular flexibility index (Phi) is 4.18. The lowest BCUT2D eigenvalue weighted by molar-refractivity contribution is -0.146. The maximum Gasteiger partial charge on any atom is 0.318 e. The molecule has 20 heavy (non-hydrogen) atoms. The number of methoxy groups -OCH3 is 1. The fraction of sp³-hybridized carbons (Fsp3) is 0.267. The van der Waals surface area contributed by atoms with Crippen LogP contribution in [0.4, 0.5) is 0 Å². The highest BCUT2D eigenvalue weighted by atomic mass is 79.9. The van der Waals surface area contributed by atoms with Gasteiger partial charge in [0, 0.05) is 16.2 Å². The summed E-state index contributed by atoms with van der Waals surface area (Å²) in [5.74, 6) is 0.0928. The third-order valence-corrected chi connectivity index (χ3v) is 3.58. The van der Waals surface area contributed by atoms with Crippen LogP contribution in [0.3, 0.4) is 0 Å². The standard InChI is InChI=1S/C15H15BrN2O2/c1-15(2,14(19)20-3)13-17-9-8-12(18-13)10-4-6-11(16)7-5-10/h4-9H,1-3H3. The number of rotatable bonds is 3. The molecule has 1 heterocycles. The molecule has 0 unspecified atom stereocenters. The van der Waals surface area contributed by atoms with Crippen molar-refractivity contribution in [3.63, 3.8) is 0 Å². The van der Waals surface area contributed by atoms with Crippen molar-refractivity contribution in [1.29, 1.82) is 0 Å². The van der Waals surface area contributed by atoms with Crippen LogP contribution in [-0.4, -0.2) is 23.0 Å². The maximum atomic E-state index is 11.8. The third-order valence-electron chi connectivity index (χ3n) is 3.05. The van der Waals surface area contributed by atoms with Gasteiger partial charge in [0.1, 0.15) is 11.2 Å². The van der Waals surface area contributed by atoms with Gasteiger partial charge in [0.05, 0.1) is 12.8 Å². The van der Waals surface area contributed by atoms with Gasteiger partial charge in [-0.05, 0) is 32.0 Å². The summed E-state index contributed by atoms with van der Waals surface area (Å²) >= 11 is 3.40. The normalized spacial score (nSPS) is 11.2. The number of hydrogen-bond acceptors (Lipinski definition) is 4. The molecular formula is C15H15BrN2O2. The summed E-state index contributed by atoms with van der Waals surface area (Å²) in [7, 11) is 1.36. The average molecular weight is 335 g/mol. The van der Waals surface area contributed by atoms with Crippen molar-refractivity contribution in [2.24, 2.45) is 0 Å². The van der Waals surface area contributed by atoms with E-state index in [2.05, 4.69) is 25.9 Å². The van der Waals surface area contributed by atoms with Gasteiger partial charge in [0.15, 0.2) is 0 Å². The largest absolute Gasteiger partial charge is 0.468 e. The first-order chi connectivity index (χ1) is 9.45. The smallest absolute Gasteiger partial charge is 0.318 e. The van der Waals surface area contributed by atoms with E-state index < -0.39 is 5.41 Å². The van der Waals surface area contributed by atoms with E-state index in [1.165, 1.54) is 7.11 Å². The first kappa shape index (κ1) is 14.7. The summed E-state index contributed by atoms with van der Waals surface area (Å²) in [6, 6.07) is 9.63. The Morgan fingerprint density at radius 2 is 1.85 bits per heavy atom. The second kappa shape index (κ2) is 5.71. The molecule has 5 heteroatoms. The first-order valence-electron chi connectivity index (χ1n) is 6.13. The predicted octanol–water partition coefficient (Wildman–Crippen LogP) is 3.36. The molecule has 0 aliphatic heterocycles. The highest BCUT2D eigenvalue weighted by Crippen LogP contribution is 2.25. The van der Waals surface area contributed by atoms with E-state index in [-0.39, 0.29) is 5.97 Å². The first-order valence-corrected chi connectivity index (χ1v) is 6.92. The minimum Gasteiger partial charge on any atom is -0.468 e. The Morgan fingerprint density at radius 1 is 1.20 bits per heavy atom. The molecule has 0 saturated carbocycles. The van der Waals surface area contributed by atoms with Gasteiger partial charge >= 0.3 is 5.97 Å². The molecule has 0 aliphatic carbocycles. The number of nitrogens with zero attached hydrogens (tertiary/aromatic N) is 2. The van der Waals surface area contributed by atoms with Crippen molar-refractivity contribution in [3.05, 3.63) is 46.8 Å². The lowest BCUT2D eigenvalue weighted by Crippen LogP contribution is -2.32. The van der Waals surface area contributed by atoms with Crippen LogP contribution in [0.2, 0.25) is 0 Å². The Morgan fingerprint density at radius 3 is 2.45 bits per heavy atom. The van der Waals surface area contributed by atoms with E-state index in [4.69, 9.17) is 4.74 Å². The molecule has 0 fully saturated rings. The van der Waals surface area contributed by atoms with Crippen LogP contribution in [-0.2, 0) is 14.9 Å². The molecule has 0 radical (unpaired) electrons. The van der Waals surface area contributed by atoms with Gasteiger partial charge in [0.25, 0.3) is 0 Å². The van der Waals surface area contributed by atoms with E-state index >= 15 is 0 Å². The van der Waals surface area contributed by atoms with E-state index in [0.29, 0.717) is 5.82 Å². The molecule has 2 rings (SSSR count). The van der Waals surface area contributed by atoms with Crippen LogP contribution in [0.15, 0.2) is 41.0 Å². The van der Waals surface area contributed by atoms with Crippen molar-refractivity contribution in [1.82, 2.24) is 9.97 Å². The van der Waals surface area contributed by atoms with Gasteiger partial charge in [-0.1, -0.05) is 28.1 Å². The zero-order valence-corrected chi connectivity index (χ0v) is 13.1. The molecule has 1 aromatic heterocycles. The molecule has 0 atom stereocenters. The predicted molar refractivity (Wildman–Crippen MR) is 80.2 cm³/mol. The Labute approximate surface area is 126 Å². The second-order valence-corrected chi connectivity index (χ2v) is 5.80. The lowest BCUT2D eigenvalue weighted by Gasteiger charge is -2.20. The Balaban J connectivity index is 2.42. The summed E-state index contributed by atoms with van der Waals surface area (Å²) in [6.45, 7) is 3.50. The van der Waals surface area contributed by atoms with Crippen LogP contribution < -0.4 is 0 Å². The monoisotopic (exact) mass is 334 g/mol. The van der Waals surface area contributed by atoms with Crippen LogP contribution >= 0.6 is 15.9 Å². The molecule has 0 N–H and O–H groups in total. The number of esters is 1. The minimum atomic E-state index is -0.875. The molecule has 0 spiro atoms. The summed E-state index contributed by atoms with van der Waals surface area (Å²) in [5.41, 5.74) is 0.872. The van der Waals surface area contributed by atoms with E-state index in [1.54, 1.807) is 20.0 Å². The summed E-state index contributed by atoms with van der Waals surface area (Å²) in [4.78, 5) is 20.5. The highest BCUT2D eigenvalue weighted by molar-refractivity contribution is 9.10. The minimum absolute atomic E-state index is 0.356. The van der Waals surface area contributed by atoms with Gasteiger partial charge in [-0.25, -0.2) is 9.97 Å². The Bertz CT molecular complexity index is 624. The van der Waals surface area contributed by atoms with Crippen molar-refractivity contribution in [2.45, 2.75) is 19.3 Å². The topological polar surface area (TPSA) is 52.1 Å². The number of carbonyl (C=O) groups excluding carboxylic acids is 1. The molecule has 0 bridgehead atoms. The number of hydrogen-bond donors (Lipinski definition) is 0. The highest BCUT2D eigenvalue weighted by Gasteiger charge is 2.34. The number of benzene rings is 1. The fourth-order valence-corrected chi connectivity index (χ4v) is 2.05. The molecule has 4 nitrogen and oxygen atoms in total. The van der Waals surface area contributed by atoms with Crippen molar-refractivity contribution in [3.8, 4) is 11.3 Å². The number of halogens is 1. The van der Waals surface area contributed by atoms with E-state index in [0.717, 1.165) is 15.7 Å². The van der Waals surface area contributed by atoms with Crippen LogP contribution in [0.5, 0.6) is 0 Å². The van der Waals surface area contributed by atoms with Crippen LogP contribution in [0.1, 0.15) is 19.7 Å². The van der Waals surface area contributed by atoms with E-state index in [9.17, 15) is 4.79 Å². The van der Waals surface area contributed by atoms with Crippen LogP contribution in [0, 0.1) is 0 Å². The van der Waals surface area contributed by atoms with E-state index in [1.807, 2.05) is 30.3 Å². The fourth-order valence-electron chi connectivity index (χ4n) is 1.79. The molecule has 1 aromatic carbocycles. The molecular weight excluding hydrogens is 320 g/mol.